The number of phenolic OH excluding ortho intramolecular Hbond substituents is 2. The minimum Gasteiger partial charge on any atom is -0.508 e. The molecule has 1 aromatic rings. The molecule has 19 heavy (non-hydrogen) atoms. The van der Waals surface area contributed by atoms with Crippen molar-refractivity contribution in [1.29, 1.82) is 0 Å². The number of aromatic hydroxyl groups is 2. The lowest BCUT2D eigenvalue weighted by Gasteiger charge is -2.30. The second-order valence-electron chi connectivity index (χ2n) is 4.83. The third-order valence-electron chi connectivity index (χ3n) is 3.72. The average molecular weight is 266 g/mol. The standard InChI is InChI=1S/C14H22N2O3/c1-3-14(4-2,8-15)9-16-13(19)10-5-11(17)7-12(18)6-10/h5-7,17-18H,3-4,8-9,15H2,1-2H3,(H,16,19). The Morgan fingerprint density at radius 1 is 1.21 bits per heavy atom. The van der Waals surface area contributed by atoms with Crippen molar-refractivity contribution in [2.75, 3.05) is 13.1 Å². The molecule has 0 aliphatic heterocycles. The predicted molar refractivity (Wildman–Crippen MR) is 74.2 cm³/mol. The first-order valence-electron chi connectivity index (χ1n) is 6.47. The van der Waals surface area contributed by atoms with Gasteiger partial charge in [-0.3, -0.25) is 4.79 Å². The topological polar surface area (TPSA) is 95.6 Å². The van der Waals surface area contributed by atoms with Crippen LogP contribution in [0.1, 0.15) is 37.0 Å². The molecule has 5 nitrogen and oxygen atoms in total. The van der Waals surface area contributed by atoms with Crippen LogP contribution in [0.2, 0.25) is 0 Å². The fourth-order valence-corrected chi connectivity index (χ4v) is 1.96. The van der Waals surface area contributed by atoms with Crippen molar-refractivity contribution < 1.29 is 15.0 Å². The highest BCUT2D eigenvalue weighted by Crippen LogP contribution is 2.24. The predicted octanol–water partition coefficient (Wildman–Crippen LogP) is 1.59. The molecule has 0 bridgehead atoms. The molecule has 0 unspecified atom stereocenters. The Hall–Kier alpha value is -1.75. The van der Waals surface area contributed by atoms with Gasteiger partial charge in [-0.05, 0) is 36.9 Å². The molecule has 0 saturated carbocycles. The summed E-state index contributed by atoms with van der Waals surface area (Å²) in [5.74, 6) is -0.603. The number of nitrogens with two attached hydrogens (primary N) is 1. The van der Waals surface area contributed by atoms with Gasteiger partial charge in [0.05, 0.1) is 0 Å². The van der Waals surface area contributed by atoms with E-state index in [-0.39, 0.29) is 28.4 Å². The zero-order chi connectivity index (χ0) is 14.5. The van der Waals surface area contributed by atoms with Gasteiger partial charge >= 0.3 is 0 Å². The van der Waals surface area contributed by atoms with E-state index in [1.807, 2.05) is 13.8 Å². The van der Waals surface area contributed by atoms with Gasteiger partial charge in [0.15, 0.2) is 0 Å². The van der Waals surface area contributed by atoms with E-state index in [2.05, 4.69) is 5.32 Å². The molecule has 1 rings (SSSR count). The Balaban J connectivity index is 2.74. The van der Waals surface area contributed by atoms with Crippen LogP contribution in [-0.4, -0.2) is 29.2 Å². The smallest absolute Gasteiger partial charge is 0.251 e. The number of hydrogen-bond donors (Lipinski definition) is 4. The van der Waals surface area contributed by atoms with Crippen molar-refractivity contribution in [2.24, 2.45) is 11.1 Å². The molecule has 0 saturated heterocycles. The summed E-state index contributed by atoms with van der Waals surface area (Å²) in [6.07, 6.45) is 1.76. The van der Waals surface area contributed by atoms with E-state index in [9.17, 15) is 15.0 Å². The SMILES string of the molecule is CCC(CC)(CN)CNC(=O)c1cc(O)cc(O)c1. The Bertz CT molecular complexity index is 414. The number of phenols is 2. The van der Waals surface area contributed by atoms with E-state index in [1.165, 1.54) is 18.2 Å². The monoisotopic (exact) mass is 266 g/mol. The molecule has 1 aromatic carbocycles. The largest absolute Gasteiger partial charge is 0.508 e. The molecular weight excluding hydrogens is 244 g/mol. The van der Waals surface area contributed by atoms with Gasteiger partial charge in [0.25, 0.3) is 5.91 Å². The van der Waals surface area contributed by atoms with Crippen LogP contribution < -0.4 is 11.1 Å². The molecule has 5 heteroatoms. The fourth-order valence-electron chi connectivity index (χ4n) is 1.96. The van der Waals surface area contributed by atoms with Crippen LogP contribution in [0.3, 0.4) is 0 Å². The number of carbonyl (C=O) groups excluding carboxylic acids is 1. The van der Waals surface area contributed by atoms with Crippen LogP contribution >= 0.6 is 0 Å². The molecule has 0 spiro atoms. The summed E-state index contributed by atoms with van der Waals surface area (Å²) >= 11 is 0. The molecule has 0 atom stereocenters. The highest BCUT2D eigenvalue weighted by atomic mass is 16.3. The van der Waals surface area contributed by atoms with Gasteiger partial charge in [-0.15, -0.1) is 0 Å². The lowest BCUT2D eigenvalue weighted by atomic mass is 9.82. The summed E-state index contributed by atoms with van der Waals surface area (Å²) in [6.45, 7) is 5.07. The number of amides is 1. The lowest BCUT2D eigenvalue weighted by molar-refractivity contribution is 0.0927. The van der Waals surface area contributed by atoms with Gasteiger partial charge in [-0.25, -0.2) is 0 Å². The van der Waals surface area contributed by atoms with Crippen LogP contribution in [0.25, 0.3) is 0 Å². The zero-order valence-electron chi connectivity index (χ0n) is 11.4. The molecule has 0 aromatic heterocycles. The fraction of sp³-hybridized carbons (Fsp3) is 0.500. The maximum absolute atomic E-state index is 12.0. The second-order valence-corrected chi connectivity index (χ2v) is 4.83. The van der Waals surface area contributed by atoms with E-state index < -0.39 is 0 Å². The summed E-state index contributed by atoms with van der Waals surface area (Å²) < 4.78 is 0. The highest BCUT2D eigenvalue weighted by Gasteiger charge is 2.25. The third kappa shape index (κ3) is 3.86. The summed E-state index contributed by atoms with van der Waals surface area (Å²) in [5, 5.41) is 21.5. The van der Waals surface area contributed by atoms with Crippen molar-refractivity contribution in [3.8, 4) is 11.5 Å². The molecule has 0 heterocycles. The van der Waals surface area contributed by atoms with E-state index in [4.69, 9.17) is 5.73 Å². The third-order valence-corrected chi connectivity index (χ3v) is 3.72. The van der Waals surface area contributed by atoms with E-state index in [1.54, 1.807) is 0 Å². The maximum atomic E-state index is 12.0. The Kier molecular flexibility index (Phi) is 5.18. The number of rotatable bonds is 6. The zero-order valence-corrected chi connectivity index (χ0v) is 11.4. The summed E-state index contributed by atoms with van der Waals surface area (Å²) in [5.41, 5.74) is 5.90. The minimum absolute atomic E-state index is 0.103. The Labute approximate surface area is 113 Å². The summed E-state index contributed by atoms with van der Waals surface area (Å²) in [6, 6.07) is 3.81. The van der Waals surface area contributed by atoms with Gasteiger partial charge in [0.1, 0.15) is 11.5 Å². The molecule has 0 aliphatic rings. The van der Waals surface area contributed by atoms with Gasteiger partial charge < -0.3 is 21.3 Å². The van der Waals surface area contributed by atoms with E-state index in [0.717, 1.165) is 12.8 Å². The Morgan fingerprint density at radius 2 is 1.74 bits per heavy atom. The van der Waals surface area contributed by atoms with Crippen molar-refractivity contribution in [3.63, 3.8) is 0 Å². The quantitative estimate of drug-likeness (QED) is 0.629. The van der Waals surface area contributed by atoms with Crippen LogP contribution in [0.5, 0.6) is 11.5 Å². The number of nitrogens with one attached hydrogen (secondary N) is 1. The van der Waals surface area contributed by atoms with Gasteiger partial charge in [0, 0.05) is 18.2 Å². The molecule has 0 aliphatic carbocycles. The molecule has 5 N–H and O–H groups in total. The van der Waals surface area contributed by atoms with Crippen LogP contribution in [0, 0.1) is 5.41 Å². The van der Waals surface area contributed by atoms with E-state index >= 15 is 0 Å². The minimum atomic E-state index is -0.328. The Morgan fingerprint density at radius 3 is 2.16 bits per heavy atom. The normalized spacial score (nSPS) is 11.3. The number of hydrogen-bond acceptors (Lipinski definition) is 4. The van der Waals surface area contributed by atoms with E-state index in [0.29, 0.717) is 13.1 Å². The maximum Gasteiger partial charge on any atom is 0.251 e. The first kappa shape index (κ1) is 15.3. The lowest BCUT2D eigenvalue weighted by Crippen LogP contribution is -2.41. The number of carbonyl (C=O) groups is 1. The van der Waals surface area contributed by atoms with Crippen LogP contribution in [0.4, 0.5) is 0 Å². The van der Waals surface area contributed by atoms with Crippen molar-refractivity contribution >= 4 is 5.91 Å². The summed E-state index contributed by atoms with van der Waals surface area (Å²) in [4.78, 5) is 12.0. The van der Waals surface area contributed by atoms with Gasteiger partial charge in [0.2, 0.25) is 0 Å². The van der Waals surface area contributed by atoms with Gasteiger partial charge in [-0.1, -0.05) is 13.8 Å². The first-order valence-corrected chi connectivity index (χ1v) is 6.47. The average Bonchev–Trinajstić information content (AvgIpc) is 2.39. The van der Waals surface area contributed by atoms with Crippen molar-refractivity contribution in [3.05, 3.63) is 23.8 Å². The van der Waals surface area contributed by atoms with Gasteiger partial charge in [-0.2, -0.15) is 0 Å². The molecular formula is C14H22N2O3. The highest BCUT2D eigenvalue weighted by molar-refractivity contribution is 5.95. The molecule has 106 valence electrons. The van der Waals surface area contributed by atoms with Crippen molar-refractivity contribution in [1.82, 2.24) is 5.32 Å². The summed E-state index contributed by atoms with van der Waals surface area (Å²) in [7, 11) is 0. The molecule has 1 amide bonds. The second kappa shape index (κ2) is 6.43. The van der Waals surface area contributed by atoms with Crippen LogP contribution in [-0.2, 0) is 0 Å². The molecule has 0 radical (unpaired) electrons. The number of benzene rings is 1. The molecule has 0 fully saturated rings. The first-order chi connectivity index (χ1) is 8.96. The van der Waals surface area contributed by atoms with Crippen LogP contribution in [0.15, 0.2) is 18.2 Å². The van der Waals surface area contributed by atoms with Crippen molar-refractivity contribution in [2.45, 2.75) is 26.7 Å².